The van der Waals surface area contributed by atoms with Crippen molar-refractivity contribution in [3.05, 3.63) is 29.8 Å². The van der Waals surface area contributed by atoms with E-state index in [1.54, 1.807) is 0 Å². The lowest BCUT2D eigenvalue weighted by Crippen LogP contribution is -2.25. The lowest BCUT2D eigenvalue weighted by Gasteiger charge is -2.25. The van der Waals surface area contributed by atoms with Gasteiger partial charge in [0.25, 0.3) is 0 Å². The van der Waals surface area contributed by atoms with Crippen molar-refractivity contribution in [2.24, 2.45) is 5.41 Å². The van der Waals surface area contributed by atoms with E-state index in [0.29, 0.717) is 6.61 Å². The standard InChI is InChI=1S/C15H24O2/c1-5-15(3,4)10-13(16)11-17-14-8-6-7-12(2)9-14/h6-9,13,16H,5,10-11H2,1-4H3. The highest BCUT2D eigenvalue weighted by atomic mass is 16.5. The van der Waals surface area contributed by atoms with Gasteiger partial charge in [-0.2, -0.15) is 0 Å². The zero-order valence-corrected chi connectivity index (χ0v) is 11.4. The van der Waals surface area contributed by atoms with Gasteiger partial charge in [0, 0.05) is 0 Å². The van der Waals surface area contributed by atoms with E-state index in [1.807, 2.05) is 31.2 Å². The molecular weight excluding hydrogens is 212 g/mol. The predicted molar refractivity (Wildman–Crippen MR) is 71.4 cm³/mol. The summed E-state index contributed by atoms with van der Waals surface area (Å²) in [4.78, 5) is 0. The summed E-state index contributed by atoms with van der Waals surface area (Å²) in [6, 6.07) is 7.90. The summed E-state index contributed by atoms with van der Waals surface area (Å²) in [6.07, 6.45) is 1.44. The number of aliphatic hydroxyl groups excluding tert-OH is 1. The number of ether oxygens (including phenoxy) is 1. The largest absolute Gasteiger partial charge is 0.491 e. The molecule has 0 aliphatic rings. The van der Waals surface area contributed by atoms with Crippen molar-refractivity contribution in [1.82, 2.24) is 0 Å². The van der Waals surface area contributed by atoms with Gasteiger partial charge in [0.05, 0.1) is 6.10 Å². The molecule has 1 aromatic rings. The molecule has 0 heterocycles. The van der Waals surface area contributed by atoms with Crippen molar-refractivity contribution in [1.29, 1.82) is 0 Å². The minimum Gasteiger partial charge on any atom is -0.491 e. The molecule has 1 rings (SSSR count). The average molecular weight is 236 g/mol. The molecule has 96 valence electrons. The van der Waals surface area contributed by atoms with Crippen molar-refractivity contribution in [2.75, 3.05) is 6.61 Å². The first-order chi connectivity index (χ1) is 7.93. The highest BCUT2D eigenvalue weighted by Gasteiger charge is 2.20. The van der Waals surface area contributed by atoms with Crippen molar-refractivity contribution < 1.29 is 9.84 Å². The molecule has 0 fully saturated rings. The molecule has 0 radical (unpaired) electrons. The predicted octanol–water partition coefficient (Wildman–Crippen LogP) is 3.56. The summed E-state index contributed by atoms with van der Waals surface area (Å²) >= 11 is 0. The van der Waals surface area contributed by atoms with Crippen LogP contribution in [0.5, 0.6) is 5.75 Å². The number of aryl methyl sites for hydroxylation is 1. The van der Waals surface area contributed by atoms with Gasteiger partial charge in [0.2, 0.25) is 0 Å². The van der Waals surface area contributed by atoms with Gasteiger partial charge >= 0.3 is 0 Å². The maximum Gasteiger partial charge on any atom is 0.119 e. The Kier molecular flexibility index (Phi) is 5.01. The van der Waals surface area contributed by atoms with Crippen LogP contribution in [0.4, 0.5) is 0 Å². The molecular formula is C15H24O2. The molecule has 17 heavy (non-hydrogen) atoms. The molecule has 2 nitrogen and oxygen atoms in total. The minimum absolute atomic E-state index is 0.176. The Morgan fingerprint density at radius 2 is 2.06 bits per heavy atom. The lowest BCUT2D eigenvalue weighted by atomic mass is 9.84. The van der Waals surface area contributed by atoms with E-state index in [-0.39, 0.29) is 5.41 Å². The molecule has 0 aliphatic carbocycles. The Morgan fingerprint density at radius 1 is 1.35 bits per heavy atom. The Morgan fingerprint density at radius 3 is 2.65 bits per heavy atom. The number of rotatable bonds is 6. The van der Waals surface area contributed by atoms with E-state index in [2.05, 4.69) is 20.8 Å². The smallest absolute Gasteiger partial charge is 0.119 e. The van der Waals surface area contributed by atoms with Crippen LogP contribution in [0.2, 0.25) is 0 Å². The highest BCUT2D eigenvalue weighted by Crippen LogP contribution is 2.26. The average Bonchev–Trinajstić information content (AvgIpc) is 2.26. The summed E-state index contributed by atoms with van der Waals surface area (Å²) in [7, 11) is 0. The zero-order valence-electron chi connectivity index (χ0n) is 11.4. The van der Waals surface area contributed by atoms with Crippen LogP contribution in [-0.4, -0.2) is 17.8 Å². The molecule has 1 unspecified atom stereocenters. The van der Waals surface area contributed by atoms with Crippen molar-refractivity contribution in [3.8, 4) is 5.75 Å². The van der Waals surface area contributed by atoms with Crippen LogP contribution in [0.15, 0.2) is 24.3 Å². The first-order valence-corrected chi connectivity index (χ1v) is 6.30. The third-order valence-electron chi connectivity index (χ3n) is 3.18. The van der Waals surface area contributed by atoms with Gasteiger partial charge in [-0.05, 0) is 36.5 Å². The van der Waals surface area contributed by atoms with Gasteiger partial charge in [-0.25, -0.2) is 0 Å². The third-order valence-corrected chi connectivity index (χ3v) is 3.18. The van der Waals surface area contributed by atoms with Crippen LogP contribution < -0.4 is 4.74 Å². The maximum atomic E-state index is 9.92. The van der Waals surface area contributed by atoms with Crippen LogP contribution in [0.25, 0.3) is 0 Å². The van der Waals surface area contributed by atoms with E-state index in [9.17, 15) is 5.11 Å². The molecule has 0 aliphatic heterocycles. The van der Waals surface area contributed by atoms with Crippen LogP contribution in [0.1, 0.15) is 39.2 Å². The molecule has 0 amide bonds. The van der Waals surface area contributed by atoms with E-state index >= 15 is 0 Å². The molecule has 2 heteroatoms. The van der Waals surface area contributed by atoms with Crippen molar-refractivity contribution in [3.63, 3.8) is 0 Å². The molecule has 1 aromatic carbocycles. The third kappa shape index (κ3) is 5.22. The monoisotopic (exact) mass is 236 g/mol. The number of aliphatic hydroxyl groups is 1. The van der Waals surface area contributed by atoms with Gasteiger partial charge in [-0.1, -0.05) is 39.3 Å². The fraction of sp³-hybridized carbons (Fsp3) is 0.600. The number of benzene rings is 1. The Hall–Kier alpha value is -1.02. The van der Waals surface area contributed by atoms with Crippen LogP contribution in [-0.2, 0) is 0 Å². The van der Waals surface area contributed by atoms with Gasteiger partial charge in [0.15, 0.2) is 0 Å². The van der Waals surface area contributed by atoms with Gasteiger partial charge in [-0.15, -0.1) is 0 Å². The quantitative estimate of drug-likeness (QED) is 0.818. The zero-order chi connectivity index (χ0) is 12.9. The van der Waals surface area contributed by atoms with E-state index in [0.717, 1.165) is 18.6 Å². The highest BCUT2D eigenvalue weighted by molar-refractivity contribution is 5.27. The lowest BCUT2D eigenvalue weighted by molar-refractivity contribution is 0.0650. The fourth-order valence-electron chi connectivity index (χ4n) is 1.74. The van der Waals surface area contributed by atoms with E-state index in [1.165, 1.54) is 5.56 Å². The first-order valence-electron chi connectivity index (χ1n) is 6.30. The molecule has 0 aromatic heterocycles. The van der Waals surface area contributed by atoms with Crippen LogP contribution in [0, 0.1) is 12.3 Å². The van der Waals surface area contributed by atoms with Crippen LogP contribution >= 0.6 is 0 Å². The van der Waals surface area contributed by atoms with Crippen molar-refractivity contribution in [2.45, 2.75) is 46.6 Å². The van der Waals surface area contributed by atoms with Gasteiger partial charge < -0.3 is 9.84 Å². The second-order valence-electron chi connectivity index (χ2n) is 5.50. The summed E-state index contributed by atoms with van der Waals surface area (Å²) in [5.74, 6) is 0.832. The van der Waals surface area contributed by atoms with E-state index < -0.39 is 6.10 Å². The van der Waals surface area contributed by atoms with E-state index in [4.69, 9.17) is 4.74 Å². The molecule has 0 spiro atoms. The topological polar surface area (TPSA) is 29.5 Å². The second-order valence-corrected chi connectivity index (χ2v) is 5.50. The normalized spacial score (nSPS) is 13.5. The fourth-order valence-corrected chi connectivity index (χ4v) is 1.74. The number of hydrogen-bond donors (Lipinski definition) is 1. The van der Waals surface area contributed by atoms with Gasteiger partial charge in [0.1, 0.15) is 12.4 Å². The summed E-state index contributed by atoms with van der Waals surface area (Å²) in [5, 5.41) is 9.92. The van der Waals surface area contributed by atoms with Crippen molar-refractivity contribution >= 4 is 0 Å². The molecule has 1 atom stereocenters. The molecule has 0 bridgehead atoms. The molecule has 0 saturated heterocycles. The van der Waals surface area contributed by atoms with Gasteiger partial charge in [-0.3, -0.25) is 0 Å². The number of hydrogen-bond acceptors (Lipinski definition) is 2. The summed E-state index contributed by atoms with van der Waals surface area (Å²) < 4.78 is 5.59. The first kappa shape index (κ1) is 14.0. The Bertz CT molecular complexity index is 345. The minimum atomic E-state index is -0.398. The maximum absolute atomic E-state index is 9.92. The SMILES string of the molecule is CCC(C)(C)CC(O)COc1cccc(C)c1. The second kappa shape index (κ2) is 6.06. The Labute approximate surface area is 105 Å². The van der Waals surface area contributed by atoms with Crippen LogP contribution in [0.3, 0.4) is 0 Å². The Balaban J connectivity index is 2.40. The molecule has 0 saturated carbocycles. The summed E-state index contributed by atoms with van der Waals surface area (Å²) in [6.45, 7) is 8.89. The summed E-state index contributed by atoms with van der Waals surface area (Å²) in [5.41, 5.74) is 1.35. The molecule has 1 N–H and O–H groups in total.